The molecule has 1 aliphatic carbocycles. The Morgan fingerprint density at radius 3 is 1.63 bits per heavy atom. The summed E-state index contributed by atoms with van der Waals surface area (Å²) >= 11 is 0. The second kappa shape index (κ2) is 10.7. The molecule has 4 nitrogen and oxygen atoms in total. The number of rotatable bonds is 11. The van der Waals surface area contributed by atoms with E-state index < -0.39 is 8.32 Å². The number of carbonyl (C=O) groups excluding carboxylic acids is 2. The molecule has 3 aromatic rings. The van der Waals surface area contributed by atoms with Crippen LogP contribution in [0, 0.1) is 0 Å². The first-order valence-corrected chi connectivity index (χ1v) is 14.0. The Morgan fingerprint density at radius 2 is 1.26 bits per heavy atom. The SMILES string of the molecule is C=C(CC(=O)C1=C(N(CC)CC)CC1=O)O[Si](c1ccccc1)(c1ccccc1)c1ccccc1. The van der Waals surface area contributed by atoms with Gasteiger partial charge in [-0.1, -0.05) is 97.6 Å². The van der Waals surface area contributed by atoms with E-state index in [0.29, 0.717) is 17.8 Å². The van der Waals surface area contributed by atoms with Crippen molar-refractivity contribution < 1.29 is 14.0 Å². The maximum Gasteiger partial charge on any atom is 0.346 e. The van der Waals surface area contributed by atoms with Crippen LogP contribution in [-0.4, -0.2) is 37.9 Å². The van der Waals surface area contributed by atoms with E-state index in [9.17, 15) is 9.59 Å². The van der Waals surface area contributed by atoms with E-state index in [-0.39, 0.29) is 18.0 Å². The van der Waals surface area contributed by atoms with Crippen LogP contribution >= 0.6 is 0 Å². The number of carbonyl (C=O) groups is 2. The van der Waals surface area contributed by atoms with Gasteiger partial charge in [0.1, 0.15) is 0 Å². The lowest BCUT2D eigenvalue weighted by Crippen LogP contribution is -2.69. The summed E-state index contributed by atoms with van der Waals surface area (Å²) in [6.45, 7) is 9.76. The molecular formula is C30H31NO3Si. The zero-order chi connectivity index (χ0) is 24.8. The maximum atomic E-state index is 13.3. The highest BCUT2D eigenvalue weighted by Crippen LogP contribution is 2.30. The molecule has 0 unspecified atom stereocenters. The standard InChI is InChI=1S/C30H31NO3Si/c1-4-31(5-2)27-22-29(33)30(27)28(32)21-23(3)34-35(24-15-9-6-10-16-24,25-17-11-7-12-18-25)26-19-13-8-14-20-26/h6-20H,3-5,21-22H2,1-2H3. The normalized spacial score (nSPS) is 13.3. The van der Waals surface area contributed by atoms with Crippen molar-refractivity contribution in [2.24, 2.45) is 0 Å². The number of benzene rings is 3. The molecule has 0 fully saturated rings. The third-order valence-electron chi connectivity index (χ3n) is 6.52. The van der Waals surface area contributed by atoms with Crippen LogP contribution in [0.1, 0.15) is 26.7 Å². The Balaban J connectivity index is 1.73. The molecule has 0 saturated heterocycles. The van der Waals surface area contributed by atoms with Gasteiger partial charge in [0.2, 0.25) is 0 Å². The monoisotopic (exact) mass is 481 g/mol. The number of hydrogen-bond donors (Lipinski definition) is 0. The average molecular weight is 482 g/mol. The summed E-state index contributed by atoms with van der Waals surface area (Å²) in [5, 5.41) is 3.19. The lowest BCUT2D eigenvalue weighted by atomic mass is 9.86. The Hall–Kier alpha value is -3.70. The van der Waals surface area contributed by atoms with Crippen molar-refractivity contribution in [3.05, 3.63) is 115 Å². The summed E-state index contributed by atoms with van der Waals surface area (Å²) < 4.78 is 6.85. The van der Waals surface area contributed by atoms with Gasteiger partial charge in [-0.25, -0.2) is 0 Å². The van der Waals surface area contributed by atoms with E-state index in [0.717, 1.165) is 34.3 Å². The highest BCUT2D eigenvalue weighted by Gasteiger charge is 2.44. The largest absolute Gasteiger partial charge is 0.534 e. The van der Waals surface area contributed by atoms with Gasteiger partial charge in [-0.2, -0.15) is 0 Å². The van der Waals surface area contributed by atoms with Gasteiger partial charge in [0.15, 0.2) is 11.6 Å². The molecule has 1 aliphatic rings. The van der Waals surface area contributed by atoms with Crippen molar-refractivity contribution in [2.75, 3.05) is 13.1 Å². The van der Waals surface area contributed by atoms with Crippen LogP contribution in [0.5, 0.6) is 0 Å². The summed E-state index contributed by atoms with van der Waals surface area (Å²) in [4.78, 5) is 27.7. The molecule has 178 valence electrons. The van der Waals surface area contributed by atoms with Crippen molar-refractivity contribution in [1.29, 1.82) is 0 Å². The van der Waals surface area contributed by atoms with E-state index in [1.54, 1.807) is 0 Å². The molecule has 0 radical (unpaired) electrons. The minimum atomic E-state index is -3.01. The first kappa shape index (κ1) is 24.4. The molecular weight excluding hydrogens is 450 g/mol. The second-order valence-electron chi connectivity index (χ2n) is 8.61. The van der Waals surface area contributed by atoms with Crippen molar-refractivity contribution in [3.8, 4) is 0 Å². The highest BCUT2D eigenvalue weighted by molar-refractivity contribution is 7.07. The molecule has 5 heteroatoms. The molecule has 0 aliphatic heterocycles. The van der Waals surface area contributed by atoms with Crippen LogP contribution in [-0.2, 0) is 14.0 Å². The molecule has 0 amide bonds. The van der Waals surface area contributed by atoms with Crippen LogP contribution in [0.15, 0.2) is 115 Å². The number of nitrogens with zero attached hydrogens (tertiary/aromatic N) is 1. The van der Waals surface area contributed by atoms with Crippen LogP contribution in [0.25, 0.3) is 0 Å². The second-order valence-corrected chi connectivity index (χ2v) is 11.9. The minimum Gasteiger partial charge on any atom is -0.534 e. The van der Waals surface area contributed by atoms with Gasteiger partial charge in [-0.3, -0.25) is 9.59 Å². The average Bonchev–Trinajstić information content (AvgIpc) is 2.88. The Labute approximate surface area is 208 Å². The molecule has 0 atom stereocenters. The van der Waals surface area contributed by atoms with Gasteiger partial charge in [-0.15, -0.1) is 0 Å². The zero-order valence-corrected chi connectivity index (χ0v) is 21.4. The Kier molecular flexibility index (Phi) is 7.47. The summed E-state index contributed by atoms with van der Waals surface area (Å²) in [5.41, 5.74) is 1.15. The third-order valence-corrected chi connectivity index (χ3v) is 10.5. The first-order chi connectivity index (χ1) is 17.0. The van der Waals surface area contributed by atoms with Gasteiger partial charge < -0.3 is 9.33 Å². The molecule has 4 rings (SSSR count). The van der Waals surface area contributed by atoms with Gasteiger partial charge in [0.25, 0.3) is 0 Å². The molecule has 35 heavy (non-hydrogen) atoms. The van der Waals surface area contributed by atoms with E-state index in [1.165, 1.54) is 0 Å². The fourth-order valence-electron chi connectivity index (χ4n) is 4.79. The summed E-state index contributed by atoms with van der Waals surface area (Å²) in [6.07, 6.45) is 0.305. The lowest BCUT2D eigenvalue weighted by Gasteiger charge is -2.35. The molecule has 0 saturated carbocycles. The van der Waals surface area contributed by atoms with Crippen LogP contribution in [0.2, 0.25) is 0 Å². The Bertz CT molecular complexity index is 1140. The third kappa shape index (κ3) is 4.77. The van der Waals surface area contributed by atoms with Gasteiger partial charge >= 0.3 is 8.32 Å². The van der Waals surface area contributed by atoms with E-state index >= 15 is 0 Å². The predicted molar refractivity (Wildman–Crippen MR) is 143 cm³/mol. The van der Waals surface area contributed by atoms with Crippen molar-refractivity contribution >= 4 is 35.4 Å². The fraction of sp³-hybridized carbons (Fsp3) is 0.200. The molecule has 0 N–H and O–H groups in total. The van der Waals surface area contributed by atoms with E-state index in [4.69, 9.17) is 4.43 Å². The van der Waals surface area contributed by atoms with Crippen molar-refractivity contribution in [3.63, 3.8) is 0 Å². The summed E-state index contributed by atoms with van der Waals surface area (Å²) in [6, 6.07) is 30.5. The van der Waals surface area contributed by atoms with Crippen molar-refractivity contribution in [2.45, 2.75) is 26.7 Å². The first-order valence-electron chi connectivity index (χ1n) is 12.1. The highest BCUT2D eigenvalue weighted by atomic mass is 28.4. The van der Waals surface area contributed by atoms with E-state index in [1.807, 2.05) is 68.4 Å². The van der Waals surface area contributed by atoms with E-state index in [2.05, 4.69) is 47.9 Å². The van der Waals surface area contributed by atoms with Crippen molar-refractivity contribution in [1.82, 2.24) is 4.90 Å². The predicted octanol–water partition coefficient (Wildman–Crippen LogP) is 3.71. The molecule has 0 spiro atoms. The molecule has 3 aromatic carbocycles. The quantitative estimate of drug-likeness (QED) is 0.181. The minimum absolute atomic E-state index is 0.0207. The number of hydrogen-bond acceptors (Lipinski definition) is 4. The number of ketones is 2. The number of allylic oxidation sites excluding steroid dienone is 3. The summed E-state index contributed by atoms with van der Waals surface area (Å²) in [5.74, 6) is 0.0666. The lowest BCUT2D eigenvalue weighted by molar-refractivity contribution is -0.123. The molecule has 0 aromatic heterocycles. The Morgan fingerprint density at radius 1 is 0.829 bits per heavy atom. The topological polar surface area (TPSA) is 46.6 Å². The summed E-state index contributed by atoms with van der Waals surface area (Å²) in [7, 11) is -3.01. The van der Waals surface area contributed by atoms with Gasteiger partial charge in [0, 0.05) is 18.8 Å². The zero-order valence-electron chi connectivity index (χ0n) is 20.4. The van der Waals surface area contributed by atoms with Crippen LogP contribution in [0.4, 0.5) is 0 Å². The van der Waals surface area contributed by atoms with Gasteiger partial charge in [-0.05, 0) is 29.4 Å². The van der Waals surface area contributed by atoms with Crippen LogP contribution in [0.3, 0.4) is 0 Å². The number of Topliss-reactive ketones (excluding diaryl/α,β-unsaturated/α-hetero) is 2. The van der Waals surface area contributed by atoms with Crippen LogP contribution < -0.4 is 15.6 Å². The maximum absolute atomic E-state index is 13.3. The molecule has 0 heterocycles. The fourth-order valence-corrected chi connectivity index (χ4v) is 8.63. The molecule has 0 bridgehead atoms. The van der Waals surface area contributed by atoms with Gasteiger partial charge in [0.05, 0.1) is 24.2 Å². The smallest absolute Gasteiger partial charge is 0.346 e.